The van der Waals surface area contributed by atoms with Gasteiger partial charge in [-0.15, -0.1) is 0 Å². The summed E-state index contributed by atoms with van der Waals surface area (Å²) in [5, 5.41) is 10.3. The molecule has 4 aliphatic carbocycles. The first-order valence-electron chi connectivity index (χ1n) is 13.0. The summed E-state index contributed by atoms with van der Waals surface area (Å²) >= 11 is 0. The molecule has 0 bridgehead atoms. The van der Waals surface area contributed by atoms with Crippen LogP contribution in [0.4, 0.5) is 0 Å². The molecule has 1 aromatic heterocycles. The van der Waals surface area contributed by atoms with Gasteiger partial charge in [-0.25, -0.2) is 0 Å². The van der Waals surface area contributed by atoms with Crippen LogP contribution in [0.5, 0.6) is 0 Å². The number of pyridine rings is 1. The third kappa shape index (κ3) is 3.37. The van der Waals surface area contributed by atoms with Crippen molar-refractivity contribution in [2.75, 3.05) is 0 Å². The van der Waals surface area contributed by atoms with Crippen LogP contribution in [-0.2, 0) is 6.42 Å². The molecule has 4 aliphatic rings. The van der Waals surface area contributed by atoms with Gasteiger partial charge >= 0.3 is 0 Å². The normalized spacial score (nSPS) is 46.5. The van der Waals surface area contributed by atoms with Crippen molar-refractivity contribution < 1.29 is 5.11 Å². The summed E-state index contributed by atoms with van der Waals surface area (Å²) in [5.74, 6) is 5.29. The van der Waals surface area contributed by atoms with Gasteiger partial charge in [0.1, 0.15) is 0 Å². The monoisotopic (exact) mass is 409 g/mol. The van der Waals surface area contributed by atoms with Crippen molar-refractivity contribution in [1.29, 1.82) is 0 Å². The van der Waals surface area contributed by atoms with Crippen LogP contribution in [0.15, 0.2) is 24.4 Å². The lowest BCUT2D eigenvalue weighted by Crippen LogP contribution is -2.54. The van der Waals surface area contributed by atoms with E-state index in [1.165, 1.54) is 57.1 Å². The Hall–Kier alpha value is -0.890. The fraction of sp³-hybridized carbons (Fsp3) is 0.821. The smallest absolute Gasteiger partial charge is 0.0543 e. The van der Waals surface area contributed by atoms with Gasteiger partial charge in [-0.2, -0.15) is 0 Å². The first-order valence-corrected chi connectivity index (χ1v) is 13.0. The van der Waals surface area contributed by atoms with E-state index in [0.29, 0.717) is 10.8 Å². The first-order chi connectivity index (χ1) is 14.4. The van der Waals surface area contributed by atoms with Crippen LogP contribution in [0, 0.1) is 46.3 Å². The lowest BCUT2D eigenvalue weighted by Gasteiger charge is -2.61. The number of aliphatic hydroxyl groups is 1. The van der Waals surface area contributed by atoms with E-state index < -0.39 is 0 Å². The molecule has 4 fully saturated rings. The van der Waals surface area contributed by atoms with Crippen molar-refractivity contribution in [1.82, 2.24) is 4.98 Å². The topological polar surface area (TPSA) is 33.1 Å². The van der Waals surface area contributed by atoms with Crippen molar-refractivity contribution in [3.05, 3.63) is 30.1 Å². The second-order valence-electron chi connectivity index (χ2n) is 12.2. The Labute approximate surface area is 184 Å². The second kappa shape index (κ2) is 7.91. The van der Waals surface area contributed by atoms with Gasteiger partial charge in [-0.05, 0) is 129 Å². The molecule has 0 unspecified atom stereocenters. The quantitative estimate of drug-likeness (QED) is 0.602. The maximum atomic E-state index is 10.3. The molecule has 0 saturated heterocycles. The zero-order chi connectivity index (χ0) is 20.9. The number of aromatic nitrogens is 1. The largest absolute Gasteiger partial charge is 0.393 e. The lowest BCUT2D eigenvalue weighted by atomic mass is 9.44. The molecule has 0 aromatic carbocycles. The van der Waals surface area contributed by atoms with Gasteiger partial charge in [0.15, 0.2) is 0 Å². The molecular weight excluding hydrogens is 366 g/mol. The minimum atomic E-state index is -0.0238. The highest BCUT2D eigenvalue weighted by Gasteiger charge is 2.60. The van der Waals surface area contributed by atoms with Crippen molar-refractivity contribution in [3.63, 3.8) is 0 Å². The number of fused-ring (bicyclic) bond motifs is 5. The Balaban J connectivity index is 1.29. The number of aliphatic hydroxyl groups excluding tert-OH is 1. The fourth-order valence-corrected chi connectivity index (χ4v) is 9.33. The summed E-state index contributed by atoms with van der Waals surface area (Å²) in [6, 6.07) is 6.34. The molecule has 166 valence electrons. The summed E-state index contributed by atoms with van der Waals surface area (Å²) in [7, 11) is 0. The van der Waals surface area contributed by atoms with Gasteiger partial charge in [-0.3, -0.25) is 4.98 Å². The minimum Gasteiger partial charge on any atom is -0.393 e. The molecule has 2 nitrogen and oxygen atoms in total. The number of hydrogen-bond acceptors (Lipinski definition) is 2. The van der Waals surface area contributed by atoms with E-state index in [9.17, 15) is 5.11 Å². The molecule has 5 rings (SSSR count). The lowest BCUT2D eigenvalue weighted by molar-refractivity contribution is -0.129. The van der Waals surface area contributed by atoms with E-state index in [4.69, 9.17) is 0 Å². The number of hydrogen-bond donors (Lipinski definition) is 1. The highest BCUT2D eigenvalue weighted by molar-refractivity contribution is 5.10. The average Bonchev–Trinajstić information content (AvgIpc) is 3.10. The van der Waals surface area contributed by atoms with Crippen molar-refractivity contribution in [3.8, 4) is 0 Å². The second-order valence-corrected chi connectivity index (χ2v) is 12.2. The molecule has 0 amide bonds. The highest BCUT2D eigenvalue weighted by atomic mass is 16.3. The summed E-state index contributed by atoms with van der Waals surface area (Å²) in [5.41, 5.74) is 2.33. The summed E-state index contributed by atoms with van der Waals surface area (Å²) < 4.78 is 0. The van der Waals surface area contributed by atoms with E-state index in [-0.39, 0.29) is 6.10 Å². The summed E-state index contributed by atoms with van der Waals surface area (Å²) in [6.45, 7) is 7.83. The molecule has 1 aromatic rings. The Morgan fingerprint density at radius 3 is 2.60 bits per heavy atom. The van der Waals surface area contributed by atoms with Gasteiger partial charge < -0.3 is 5.11 Å². The molecule has 2 heteroatoms. The summed E-state index contributed by atoms with van der Waals surface area (Å²) in [4.78, 5) is 4.56. The number of rotatable bonds is 4. The number of aryl methyl sites for hydroxylation is 1. The number of nitrogens with zero attached hydrogens (tertiary/aromatic N) is 1. The molecule has 1 N–H and O–H groups in total. The SMILES string of the molecule is C[C@H](CCc1ccccn1)[C@H]1CC[C@H]2[C@@H]3CC[C@H]4C[C@@H](O)CC[C@]4(C)[C@H]3CC[C@]12C. The molecule has 30 heavy (non-hydrogen) atoms. The zero-order valence-electron chi connectivity index (χ0n) is 19.5. The molecule has 0 spiro atoms. The predicted molar refractivity (Wildman–Crippen MR) is 123 cm³/mol. The van der Waals surface area contributed by atoms with Crippen LogP contribution in [0.3, 0.4) is 0 Å². The van der Waals surface area contributed by atoms with Gasteiger partial charge in [0.05, 0.1) is 6.10 Å². The van der Waals surface area contributed by atoms with Gasteiger partial charge in [-0.1, -0.05) is 26.8 Å². The molecule has 1 heterocycles. The average molecular weight is 410 g/mol. The van der Waals surface area contributed by atoms with E-state index in [1.807, 2.05) is 12.3 Å². The minimum absolute atomic E-state index is 0.0238. The van der Waals surface area contributed by atoms with E-state index in [0.717, 1.165) is 54.8 Å². The van der Waals surface area contributed by atoms with Crippen molar-refractivity contribution in [2.45, 2.75) is 97.5 Å². The summed E-state index contributed by atoms with van der Waals surface area (Å²) in [6.07, 6.45) is 16.4. The van der Waals surface area contributed by atoms with Crippen molar-refractivity contribution >= 4 is 0 Å². The zero-order valence-corrected chi connectivity index (χ0v) is 19.5. The Morgan fingerprint density at radius 1 is 1.00 bits per heavy atom. The Bertz CT molecular complexity index is 733. The van der Waals surface area contributed by atoms with Gasteiger partial charge in [0.2, 0.25) is 0 Å². The Morgan fingerprint density at radius 2 is 1.80 bits per heavy atom. The molecule has 9 atom stereocenters. The standard InChI is InChI=1S/C28H43NO/c1-19(7-9-21-6-4-5-17-29-21)24-11-12-25-23-10-8-20-18-22(30)13-15-27(20,2)26(23)14-16-28(24,25)3/h4-6,17,19-20,22-26,30H,7-16,18H2,1-3H3/t19-,20+,22+,23+,24-,25+,26+,27+,28-/m1/s1. The molecule has 0 radical (unpaired) electrons. The van der Waals surface area contributed by atoms with Gasteiger partial charge in [0.25, 0.3) is 0 Å². The maximum absolute atomic E-state index is 10.3. The fourth-order valence-electron chi connectivity index (χ4n) is 9.33. The van der Waals surface area contributed by atoms with Crippen LogP contribution in [0.25, 0.3) is 0 Å². The predicted octanol–water partition coefficient (Wildman–Crippen LogP) is 6.67. The highest BCUT2D eigenvalue weighted by Crippen LogP contribution is 2.68. The third-order valence-corrected chi connectivity index (χ3v) is 11.0. The van der Waals surface area contributed by atoms with Crippen LogP contribution < -0.4 is 0 Å². The third-order valence-electron chi connectivity index (χ3n) is 11.0. The van der Waals surface area contributed by atoms with Gasteiger partial charge in [0, 0.05) is 11.9 Å². The van der Waals surface area contributed by atoms with Crippen LogP contribution in [0.1, 0.15) is 90.7 Å². The first kappa shape index (κ1) is 21.0. The Kier molecular flexibility index (Phi) is 5.53. The van der Waals surface area contributed by atoms with Crippen molar-refractivity contribution in [2.24, 2.45) is 46.3 Å². The van der Waals surface area contributed by atoms with Crippen LogP contribution >= 0.6 is 0 Å². The van der Waals surface area contributed by atoms with E-state index in [1.54, 1.807) is 0 Å². The maximum Gasteiger partial charge on any atom is 0.0543 e. The van der Waals surface area contributed by atoms with E-state index >= 15 is 0 Å². The van der Waals surface area contributed by atoms with Crippen LogP contribution in [-0.4, -0.2) is 16.2 Å². The molecular formula is C28H43NO. The van der Waals surface area contributed by atoms with E-state index in [2.05, 4.69) is 37.9 Å². The van der Waals surface area contributed by atoms with Crippen LogP contribution in [0.2, 0.25) is 0 Å². The molecule has 4 saturated carbocycles. The molecule has 0 aliphatic heterocycles.